The van der Waals surface area contributed by atoms with Gasteiger partial charge in [0.25, 0.3) is 0 Å². The third kappa shape index (κ3) is 1.95. The van der Waals surface area contributed by atoms with Crippen LogP contribution in [0.2, 0.25) is 0 Å². The fourth-order valence-electron chi connectivity index (χ4n) is 2.18. The van der Waals surface area contributed by atoms with Gasteiger partial charge in [0, 0.05) is 18.9 Å². The number of nitrogens with zero attached hydrogens (tertiary/aromatic N) is 4. The second-order valence-electron chi connectivity index (χ2n) is 4.20. The van der Waals surface area contributed by atoms with Crippen molar-refractivity contribution in [2.75, 3.05) is 19.0 Å². The molecule has 0 aliphatic carbocycles. The van der Waals surface area contributed by atoms with Crippen LogP contribution < -0.4 is 10.1 Å². The Morgan fingerprint density at radius 2 is 2.15 bits per heavy atom. The minimum absolute atomic E-state index is 0.635. The fraction of sp³-hybridized carbons (Fsp3) is 0.214. The fourth-order valence-corrected chi connectivity index (χ4v) is 2.18. The number of imidazole rings is 1. The molecule has 6 heteroatoms. The Morgan fingerprint density at radius 1 is 1.25 bits per heavy atom. The van der Waals surface area contributed by atoms with E-state index in [0.29, 0.717) is 11.6 Å². The molecule has 0 aliphatic rings. The normalized spacial score (nSPS) is 10.7. The van der Waals surface area contributed by atoms with Gasteiger partial charge in [-0.1, -0.05) is 6.07 Å². The highest BCUT2D eigenvalue weighted by molar-refractivity contribution is 5.72. The van der Waals surface area contributed by atoms with Crippen LogP contribution >= 0.6 is 0 Å². The highest BCUT2D eigenvalue weighted by atomic mass is 16.5. The zero-order chi connectivity index (χ0) is 13.9. The topological polar surface area (TPSA) is 64.3 Å². The zero-order valence-electron chi connectivity index (χ0n) is 11.4. The molecule has 0 amide bonds. The summed E-state index contributed by atoms with van der Waals surface area (Å²) in [5, 5.41) is 3.18. The molecular weight excluding hydrogens is 254 g/mol. The van der Waals surface area contributed by atoms with Crippen molar-refractivity contribution in [3.8, 4) is 17.1 Å². The summed E-state index contributed by atoms with van der Waals surface area (Å²) < 4.78 is 7.46. The maximum Gasteiger partial charge on any atom is 0.189 e. The van der Waals surface area contributed by atoms with Crippen LogP contribution in [0.25, 0.3) is 17.0 Å². The molecule has 20 heavy (non-hydrogen) atoms. The predicted molar refractivity (Wildman–Crippen MR) is 76.9 cm³/mol. The molecule has 0 bridgehead atoms. The van der Waals surface area contributed by atoms with Crippen LogP contribution in [0.1, 0.15) is 6.92 Å². The maximum absolute atomic E-state index is 5.49. The molecule has 0 aliphatic heterocycles. The number of rotatable bonds is 4. The average Bonchev–Trinajstić information content (AvgIpc) is 2.95. The number of pyridine rings is 1. The van der Waals surface area contributed by atoms with Crippen molar-refractivity contribution in [2.24, 2.45) is 0 Å². The van der Waals surface area contributed by atoms with Crippen molar-refractivity contribution in [3.63, 3.8) is 0 Å². The van der Waals surface area contributed by atoms with E-state index in [1.54, 1.807) is 13.3 Å². The van der Waals surface area contributed by atoms with Crippen LogP contribution in [0, 0.1) is 0 Å². The van der Waals surface area contributed by atoms with Crippen LogP contribution in [0.5, 0.6) is 5.75 Å². The zero-order valence-corrected chi connectivity index (χ0v) is 11.4. The average molecular weight is 269 g/mol. The van der Waals surface area contributed by atoms with Crippen molar-refractivity contribution >= 4 is 11.5 Å². The molecule has 0 saturated heterocycles. The molecule has 0 unspecified atom stereocenters. The van der Waals surface area contributed by atoms with E-state index in [2.05, 4.69) is 20.3 Å². The van der Waals surface area contributed by atoms with Crippen LogP contribution in [-0.4, -0.2) is 33.0 Å². The van der Waals surface area contributed by atoms with Gasteiger partial charge in [0.15, 0.2) is 11.6 Å². The third-order valence-electron chi connectivity index (χ3n) is 3.02. The Kier molecular flexibility index (Phi) is 3.20. The summed E-state index contributed by atoms with van der Waals surface area (Å²) in [5.74, 6) is 1.33. The molecule has 3 heterocycles. The van der Waals surface area contributed by atoms with Crippen LogP contribution in [0.15, 0.2) is 36.9 Å². The van der Waals surface area contributed by atoms with Gasteiger partial charge in [-0.3, -0.25) is 4.40 Å². The van der Waals surface area contributed by atoms with E-state index in [9.17, 15) is 0 Å². The van der Waals surface area contributed by atoms with E-state index in [4.69, 9.17) is 4.74 Å². The lowest BCUT2D eigenvalue weighted by atomic mass is 10.2. The molecule has 102 valence electrons. The smallest absolute Gasteiger partial charge is 0.189 e. The summed E-state index contributed by atoms with van der Waals surface area (Å²) >= 11 is 0. The first kappa shape index (κ1) is 12.4. The number of aromatic nitrogens is 4. The number of anilines is 1. The molecule has 1 N–H and O–H groups in total. The van der Waals surface area contributed by atoms with Gasteiger partial charge in [0.2, 0.25) is 0 Å². The Labute approximate surface area is 116 Å². The molecule has 0 saturated carbocycles. The molecule has 3 aromatic heterocycles. The molecule has 0 aromatic carbocycles. The molecule has 3 rings (SSSR count). The summed E-state index contributed by atoms with van der Waals surface area (Å²) in [6.45, 7) is 2.78. The Balaban J connectivity index is 2.23. The van der Waals surface area contributed by atoms with E-state index in [-0.39, 0.29) is 0 Å². The van der Waals surface area contributed by atoms with Gasteiger partial charge in [-0.2, -0.15) is 0 Å². The van der Waals surface area contributed by atoms with Gasteiger partial charge in [-0.05, 0) is 19.1 Å². The summed E-state index contributed by atoms with van der Waals surface area (Å²) in [6.07, 6.45) is 5.20. The third-order valence-corrected chi connectivity index (χ3v) is 3.02. The SMILES string of the molecule is CCNc1ncnc(-c2cccc3nccn23)c1OC. The first-order chi connectivity index (χ1) is 9.85. The monoisotopic (exact) mass is 269 g/mol. The van der Waals surface area contributed by atoms with Gasteiger partial charge >= 0.3 is 0 Å². The molecule has 0 spiro atoms. The van der Waals surface area contributed by atoms with E-state index in [1.807, 2.05) is 35.7 Å². The Hall–Kier alpha value is -2.63. The number of fused-ring (bicyclic) bond motifs is 1. The highest BCUT2D eigenvalue weighted by Gasteiger charge is 2.15. The predicted octanol–water partition coefficient (Wildman–Crippen LogP) is 2.23. The quantitative estimate of drug-likeness (QED) is 0.787. The summed E-state index contributed by atoms with van der Waals surface area (Å²) in [6, 6.07) is 5.88. The van der Waals surface area contributed by atoms with Crippen molar-refractivity contribution in [1.82, 2.24) is 19.4 Å². The van der Waals surface area contributed by atoms with Crippen LogP contribution in [-0.2, 0) is 0 Å². The first-order valence-electron chi connectivity index (χ1n) is 6.40. The van der Waals surface area contributed by atoms with Gasteiger partial charge in [0.1, 0.15) is 17.7 Å². The highest BCUT2D eigenvalue weighted by Crippen LogP contribution is 2.32. The van der Waals surface area contributed by atoms with Gasteiger partial charge in [-0.25, -0.2) is 15.0 Å². The number of ether oxygens (including phenoxy) is 1. The molecule has 0 atom stereocenters. The molecular formula is C14H15N5O. The minimum Gasteiger partial charge on any atom is -0.491 e. The second kappa shape index (κ2) is 5.16. The van der Waals surface area contributed by atoms with Crippen molar-refractivity contribution in [3.05, 3.63) is 36.9 Å². The summed E-state index contributed by atoms with van der Waals surface area (Å²) in [5.41, 5.74) is 2.52. The van der Waals surface area contributed by atoms with Crippen molar-refractivity contribution < 1.29 is 4.74 Å². The van der Waals surface area contributed by atoms with Gasteiger partial charge in [0.05, 0.1) is 12.8 Å². The van der Waals surface area contributed by atoms with Gasteiger partial charge in [-0.15, -0.1) is 0 Å². The molecule has 6 nitrogen and oxygen atoms in total. The number of methoxy groups -OCH3 is 1. The van der Waals surface area contributed by atoms with Crippen LogP contribution in [0.3, 0.4) is 0 Å². The molecule has 0 fully saturated rings. The Bertz CT molecular complexity index is 737. The molecule has 3 aromatic rings. The van der Waals surface area contributed by atoms with Crippen molar-refractivity contribution in [1.29, 1.82) is 0 Å². The van der Waals surface area contributed by atoms with E-state index < -0.39 is 0 Å². The van der Waals surface area contributed by atoms with E-state index in [0.717, 1.165) is 23.6 Å². The largest absolute Gasteiger partial charge is 0.491 e. The first-order valence-corrected chi connectivity index (χ1v) is 6.40. The summed E-state index contributed by atoms with van der Waals surface area (Å²) in [7, 11) is 1.62. The maximum atomic E-state index is 5.49. The Morgan fingerprint density at radius 3 is 2.95 bits per heavy atom. The minimum atomic E-state index is 0.635. The number of hydrogen-bond donors (Lipinski definition) is 1. The number of nitrogens with one attached hydrogen (secondary N) is 1. The van der Waals surface area contributed by atoms with Gasteiger partial charge < -0.3 is 10.1 Å². The van der Waals surface area contributed by atoms with Crippen molar-refractivity contribution in [2.45, 2.75) is 6.92 Å². The van der Waals surface area contributed by atoms with E-state index in [1.165, 1.54) is 6.33 Å². The second-order valence-corrected chi connectivity index (χ2v) is 4.20. The summed E-state index contributed by atoms with van der Waals surface area (Å²) in [4.78, 5) is 12.9. The number of hydrogen-bond acceptors (Lipinski definition) is 5. The molecule has 0 radical (unpaired) electrons. The lowest BCUT2D eigenvalue weighted by Gasteiger charge is -2.13. The van der Waals surface area contributed by atoms with Crippen LogP contribution in [0.4, 0.5) is 5.82 Å². The standard InChI is InChI=1S/C14H15N5O/c1-3-15-14-13(20-2)12(17-9-18-14)10-5-4-6-11-16-7-8-19(10)11/h4-9H,3H2,1-2H3,(H,15,17,18). The van der Waals surface area contributed by atoms with E-state index >= 15 is 0 Å². The lowest BCUT2D eigenvalue weighted by Crippen LogP contribution is -2.05. The lowest BCUT2D eigenvalue weighted by molar-refractivity contribution is 0.414.